The second-order valence-electron chi connectivity index (χ2n) is 8.29. The molecule has 4 atom stereocenters. The molecule has 1 aromatic carbocycles. The highest BCUT2D eigenvalue weighted by Crippen LogP contribution is 2.27. The van der Waals surface area contributed by atoms with Crippen molar-refractivity contribution in [1.82, 2.24) is 10.2 Å². The van der Waals surface area contributed by atoms with Crippen LogP contribution in [0.1, 0.15) is 45.1 Å². The number of carbonyl (C=O) groups is 1. The molecule has 0 radical (unpaired) electrons. The van der Waals surface area contributed by atoms with E-state index in [2.05, 4.69) is 54.4 Å². The van der Waals surface area contributed by atoms with Gasteiger partial charge >= 0.3 is 0 Å². The Morgan fingerprint density at radius 3 is 2.48 bits per heavy atom. The topological polar surface area (TPSA) is 58.4 Å². The third kappa shape index (κ3) is 4.83. The molecule has 2 fully saturated rings. The average molecular weight is 344 g/mol. The predicted molar refractivity (Wildman–Crippen MR) is 102 cm³/mol. The summed E-state index contributed by atoms with van der Waals surface area (Å²) in [5.74, 6) is 1.28. The van der Waals surface area contributed by atoms with Gasteiger partial charge in [-0.2, -0.15) is 0 Å². The Hall–Kier alpha value is -1.39. The predicted octanol–water partition coefficient (Wildman–Crippen LogP) is 2.78. The Labute approximate surface area is 152 Å². The number of rotatable bonds is 4. The van der Waals surface area contributed by atoms with Crippen molar-refractivity contribution in [2.24, 2.45) is 23.5 Å². The second-order valence-corrected chi connectivity index (χ2v) is 8.29. The van der Waals surface area contributed by atoms with Crippen LogP contribution < -0.4 is 11.1 Å². The zero-order chi connectivity index (χ0) is 17.8. The van der Waals surface area contributed by atoms with Crippen LogP contribution in [0, 0.1) is 17.8 Å². The first kappa shape index (κ1) is 18.4. The van der Waals surface area contributed by atoms with Crippen LogP contribution in [0.2, 0.25) is 0 Å². The largest absolute Gasteiger partial charge is 0.352 e. The number of amides is 1. The van der Waals surface area contributed by atoms with Gasteiger partial charge in [-0.1, -0.05) is 50.6 Å². The Bertz CT molecular complexity index is 550. The molecule has 0 spiro atoms. The van der Waals surface area contributed by atoms with E-state index in [-0.39, 0.29) is 23.9 Å². The number of nitrogens with zero attached hydrogens (tertiary/aromatic N) is 1. The summed E-state index contributed by atoms with van der Waals surface area (Å²) in [4.78, 5) is 15.2. The summed E-state index contributed by atoms with van der Waals surface area (Å²) < 4.78 is 0. The van der Waals surface area contributed by atoms with E-state index >= 15 is 0 Å². The average Bonchev–Trinajstić information content (AvgIpc) is 2.59. The second kappa shape index (κ2) is 8.33. The summed E-state index contributed by atoms with van der Waals surface area (Å²) in [5, 5.41) is 3.37. The molecule has 1 aliphatic carbocycles. The molecule has 1 heterocycles. The van der Waals surface area contributed by atoms with Gasteiger partial charge in [0.2, 0.25) is 5.91 Å². The smallest absolute Gasteiger partial charge is 0.223 e. The van der Waals surface area contributed by atoms with Crippen molar-refractivity contribution in [2.45, 2.75) is 58.2 Å². The van der Waals surface area contributed by atoms with E-state index in [4.69, 9.17) is 5.73 Å². The molecule has 1 amide bonds. The third-order valence-corrected chi connectivity index (χ3v) is 5.96. The number of piperidine rings is 1. The van der Waals surface area contributed by atoms with Crippen molar-refractivity contribution in [3.63, 3.8) is 0 Å². The fourth-order valence-corrected chi connectivity index (χ4v) is 4.68. The molecule has 1 aliphatic heterocycles. The zero-order valence-corrected chi connectivity index (χ0v) is 15.7. The van der Waals surface area contributed by atoms with E-state index in [1.165, 1.54) is 5.56 Å². The molecule has 0 bridgehead atoms. The molecule has 4 heteroatoms. The molecule has 2 aliphatic rings. The number of hydrogen-bond donors (Lipinski definition) is 2. The Balaban J connectivity index is 1.54. The maximum atomic E-state index is 12.7. The van der Waals surface area contributed by atoms with Crippen LogP contribution in [0.3, 0.4) is 0 Å². The van der Waals surface area contributed by atoms with Crippen molar-refractivity contribution in [1.29, 1.82) is 0 Å². The number of hydrogen-bond acceptors (Lipinski definition) is 3. The molecule has 4 unspecified atom stereocenters. The van der Waals surface area contributed by atoms with Gasteiger partial charge in [-0.05, 0) is 36.7 Å². The lowest BCUT2D eigenvalue weighted by molar-refractivity contribution is -0.128. The standard InChI is InChI=1S/C21H33N3O/c1-15-12-24(14-17-7-4-3-5-8-17)13-16(2)20(15)23-21(25)18-9-6-10-19(22)11-18/h3-5,7-8,15-16,18-20H,6,9-14,22H2,1-2H3,(H,23,25). The molecule has 3 N–H and O–H groups in total. The number of carbonyl (C=O) groups excluding carboxylic acids is 1. The third-order valence-electron chi connectivity index (χ3n) is 5.96. The van der Waals surface area contributed by atoms with Gasteiger partial charge in [-0.3, -0.25) is 9.69 Å². The molecular weight excluding hydrogens is 310 g/mol. The van der Waals surface area contributed by atoms with Crippen molar-refractivity contribution in [2.75, 3.05) is 13.1 Å². The number of likely N-dealkylation sites (tertiary alicyclic amines) is 1. The first-order valence-electron chi connectivity index (χ1n) is 9.85. The molecular formula is C21H33N3O. The van der Waals surface area contributed by atoms with Crippen LogP contribution in [0.15, 0.2) is 30.3 Å². The van der Waals surface area contributed by atoms with Gasteiger partial charge in [0.1, 0.15) is 0 Å². The van der Waals surface area contributed by atoms with Gasteiger partial charge in [0.05, 0.1) is 0 Å². The molecule has 1 aromatic rings. The van der Waals surface area contributed by atoms with Crippen molar-refractivity contribution >= 4 is 5.91 Å². The van der Waals surface area contributed by atoms with Crippen LogP contribution in [-0.4, -0.2) is 36.0 Å². The van der Waals surface area contributed by atoms with Crippen LogP contribution in [-0.2, 0) is 11.3 Å². The molecule has 1 saturated heterocycles. The van der Waals surface area contributed by atoms with E-state index in [0.29, 0.717) is 11.8 Å². The normalized spacial score (nSPS) is 33.8. The molecule has 1 saturated carbocycles. The number of nitrogens with one attached hydrogen (secondary N) is 1. The molecule has 138 valence electrons. The molecule has 4 nitrogen and oxygen atoms in total. The van der Waals surface area contributed by atoms with Gasteiger partial charge < -0.3 is 11.1 Å². The summed E-state index contributed by atoms with van der Waals surface area (Å²) in [6.07, 6.45) is 3.99. The lowest BCUT2D eigenvalue weighted by Crippen LogP contribution is -2.55. The Morgan fingerprint density at radius 1 is 1.16 bits per heavy atom. The lowest BCUT2D eigenvalue weighted by atomic mass is 9.82. The summed E-state index contributed by atoms with van der Waals surface area (Å²) in [6, 6.07) is 11.1. The lowest BCUT2D eigenvalue weighted by Gasteiger charge is -2.42. The maximum absolute atomic E-state index is 12.7. The van der Waals surface area contributed by atoms with Crippen LogP contribution in [0.25, 0.3) is 0 Å². The Morgan fingerprint density at radius 2 is 1.84 bits per heavy atom. The zero-order valence-electron chi connectivity index (χ0n) is 15.7. The van der Waals surface area contributed by atoms with E-state index in [1.54, 1.807) is 0 Å². The minimum Gasteiger partial charge on any atom is -0.352 e. The highest BCUT2D eigenvalue weighted by Gasteiger charge is 2.35. The van der Waals surface area contributed by atoms with Crippen LogP contribution in [0.5, 0.6) is 0 Å². The van der Waals surface area contributed by atoms with E-state index in [9.17, 15) is 4.79 Å². The van der Waals surface area contributed by atoms with Gasteiger partial charge in [0, 0.05) is 37.6 Å². The quantitative estimate of drug-likeness (QED) is 0.884. The van der Waals surface area contributed by atoms with Crippen molar-refractivity contribution in [3.05, 3.63) is 35.9 Å². The summed E-state index contributed by atoms with van der Waals surface area (Å²) in [7, 11) is 0. The van der Waals surface area contributed by atoms with Gasteiger partial charge in [0.15, 0.2) is 0 Å². The first-order valence-corrected chi connectivity index (χ1v) is 9.85. The van der Waals surface area contributed by atoms with Crippen LogP contribution >= 0.6 is 0 Å². The minimum atomic E-state index is 0.116. The SMILES string of the molecule is CC1CN(Cc2ccccc2)CC(C)C1NC(=O)C1CCCC(N)C1. The number of benzene rings is 1. The highest BCUT2D eigenvalue weighted by molar-refractivity contribution is 5.79. The van der Waals surface area contributed by atoms with Crippen LogP contribution in [0.4, 0.5) is 0 Å². The van der Waals surface area contributed by atoms with E-state index < -0.39 is 0 Å². The van der Waals surface area contributed by atoms with E-state index in [1.807, 2.05) is 0 Å². The minimum absolute atomic E-state index is 0.116. The monoisotopic (exact) mass is 343 g/mol. The van der Waals surface area contributed by atoms with Gasteiger partial charge in [0.25, 0.3) is 0 Å². The summed E-state index contributed by atoms with van der Waals surface area (Å²) in [5.41, 5.74) is 7.42. The molecule has 0 aromatic heterocycles. The summed E-state index contributed by atoms with van der Waals surface area (Å²) >= 11 is 0. The van der Waals surface area contributed by atoms with E-state index in [0.717, 1.165) is 45.3 Å². The summed E-state index contributed by atoms with van der Waals surface area (Å²) in [6.45, 7) is 7.60. The van der Waals surface area contributed by atoms with Gasteiger partial charge in [-0.15, -0.1) is 0 Å². The fourth-order valence-electron chi connectivity index (χ4n) is 4.68. The molecule has 25 heavy (non-hydrogen) atoms. The first-order chi connectivity index (χ1) is 12.0. The Kier molecular flexibility index (Phi) is 6.13. The number of nitrogens with two attached hydrogens (primary N) is 1. The molecule has 3 rings (SSSR count). The highest BCUT2D eigenvalue weighted by atomic mass is 16.2. The van der Waals surface area contributed by atoms with Crippen molar-refractivity contribution < 1.29 is 4.79 Å². The fraction of sp³-hybridized carbons (Fsp3) is 0.667. The van der Waals surface area contributed by atoms with Crippen molar-refractivity contribution in [3.8, 4) is 0 Å². The maximum Gasteiger partial charge on any atom is 0.223 e. The van der Waals surface area contributed by atoms with Gasteiger partial charge in [-0.25, -0.2) is 0 Å².